The Hall–Kier alpha value is -1.09. The quantitative estimate of drug-likeness (QED) is 0.724. The number of rotatable bonds is 5. The Labute approximate surface area is 85.8 Å². The summed E-state index contributed by atoms with van der Waals surface area (Å²) in [7, 11) is 1.94. The molecule has 0 spiro atoms. The van der Waals surface area contributed by atoms with Crippen LogP contribution in [0.25, 0.3) is 0 Å². The highest BCUT2D eigenvalue weighted by Crippen LogP contribution is 2.15. The summed E-state index contributed by atoms with van der Waals surface area (Å²) >= 11 is 0. The van der Waals surface area contributed by atoms with Crippen LogP contribution >= 0.6 is 0 Å². The van der Waals surface area contributed by atoms with Gasteiger partial charge in [-0.1, -0.05) is 13.0 Å². The zero-order valence-electron chi connectivity index (χ0n) is 9.25. The van der Waals surface area contributed by atoms with Gasteiger partial charge in [-0.25, -0.2) is 0 Å². The topological polar surface area (TPSA) is 29.9 Å². The number of nitrogens with zero attached hydrogens (tertiary/aromatic N) is 2. The van der Waals surface area contributed by atoms with Crippen LogP contribution in [0.4, 0.5) is 0 Å². The smallest absolute Gasteiger partial charge is 0.0673 e. The molecule has 1 atom stereocenters. The Kier molecular flexibility index (Phi) is 3.89. The molecular formula is C11H19N3. The average molecular weight is 193 g/mol. The molecule has 1 aromatic heterocycles. The number of aryl methyl sites for hydroxylation is 2. The van der Waals surface area contributed by atoms with E-state index in [0.29, 0.717) is 0 Å². The summed E-state index contributed by atoms with van der Waals surface area (Å²) in [6.07, 6.45) is 2.89. The summed E-state index contributed by atoms with van der Waals surface area (Å²) in [5.41, 5.74) is 2.34. The molecule has 1 aromatic rings. The fourth-order valence-corrected chi connectivity index (χ4v) is 1.55. The molecule has 0 aliphatic heterocycles. The van der Waals surface area contributed by atoms with E-state index in [2.05, 4.69) is 36.9 Å². The highest BCUT2D eigenvalue weighted by atomic mass is 15.3. The maximum Gasteiger partial charge on any atom is 0.0673 e. The van der Waals surface area contributed by atoms with Crippen LogP contribution < -0.4 is 5.32 Å². The van der Waals surface area contributed by atoms with Crippen molar-refractivity contribution in [3.8, 4) is 0 Å². The maximum atomic E-state index is 4.49. The Morgan fingerprint density at radius 3 is 2.79 bits per heavy atom. The van der Waals surface area contributed by atoms with Crippen LogP contribution in [0.3, 0.4) is 0 Å². The van der Waals surface area contributed by atoms with Gasteiger partial charge in [-0.3, -0.25) is 4.68 Å². The lowest BCUT2D eigenvalue weighted by Crippen LogP contribution is -2.17. The van der Waals surface area contributed by atoms with Gasteiger partial charge < -0.3 is 5.32 Å². The molecule has 3 nitrogen and oxygen atoms in total. The first-order valence-electron chi connectivity index (χ1n) is 5.13. The van der Waals surface area contributed by atoms with Crippen molar-refractivity contribution in [1.29, 1.82) is 0 Å². The normalized spacial score (nSPS) is 12.8. The van der Waals surface area contributed by atoms with Gasteiger partial charge in [0.2, 0.25) is 0 Å². The molecule has 3 heteroatoms. The van der Waals surface area contributed by atoms with Gasteiger partial charge in [-0.05, 0) is 26.5 Å². The van der Waals surface area contributed by atoms with E-state index < -0.39 is 0 Å². The molecule has 0 saturated carbocycles. The third-order valence-electron chi connectivity index (χ3n) is 2.39. The molecule has 1 unspecified atom stereocenters. The van der Waals surface area contributed by atoms with Crippen molar-refractivity contribution in [3.63, 3.8) is 0 Å². The Bertz CT molecular complexity index is 301. The van der Waals surface area contributed by atoms with Crippen molar-refractivity contribution < 1.29 is 0 Å². The van der Waals surface area contributed by atoms with Crippen molar-refractivity contribution in [2.24, 2.45) is 0 Å². The standard InChI is InChI=1S/C11H19N3/c1-5-9-8-11(10(6-2)12-4)14(7-3)13-9/h6,8,10,12H,2,5,7H2,1,3-4H3. The lowest BCUT2D eigenvalue weighted by Gasteiger charge is -2.12. The second-order valence-electron chi connectivity index (χ2n) is 3.23. The third-order valence-corrected chi connectivity index (χ3v) is 2.39. The van der Waals surface area contributed by atoms with Gasteiger partial charge in [0.05, 0.1) is 17.4 Å². The van der Waals surface area contributed by atoms with E-state index in [-0.39, 0.29) is 6.04 Å². The number of hydrogen-bond acceptors (Lipinski definition) is 2. The molecule has 0 bridgehead atoms. The molecule has 78 valence electrons. The first kappa shape index (κ1) is 11.0. The lowest BCUT2D eigenvalue weighted by atomic mass is 10.2. The van der Waals surface area contributed by atoms with E-state index in [1.165, 1.54) is 5.69 Å². The summed E-state index contributed by atoms with van der Waals surface area (Å²) in [6, 6.07) is 2.34. The molecule has 0 saturated heterocycles. The van der Waals surface area contributed by atoms with Crippen molar-refractivity contribution >= 4 is 0 Å². The van der Waals surface area contributed by atoms with Crippen molar-refractivity contribution in [3.05, 3.63) is 30.1 Å². The van der Waals surface area contributed by atoms with Gasteiger partial charge in [0.1, 0.15) is 0 Å². The van der Waals surface area contributed by atoms with E-state index in [1.807, 2.05) is 17.8 Å². The Balaban J connectivity index is 3.03. The molecular weight excluding hydrogens is 174 g/mol. The number of likely N-dealkylation sites (N-methyl/N-ethyl adjacent to an activating group) is 1. The van der Waals surface area contributed by atoms with E-state index in [1.54, 1.807) is 0 Å². The fourth-order valence-electron chi connectivity index (χ4n) is 1.55. The van der Waals surface area contributed by atoms with E-state index in [4.69, 9.17) is 0 Å². The third kappa shape index (κ3) is 2.04. The number of aromatic nitrogens is 2. The monoisotopic (exact) mass is 193 g/mol. The van der Waals surface area contributed by atoms with Gasteiger partial charge >= 0.3 is 0 Å². The minimum Gasteiger partial charge on any atom is -0.309 e. The number of nitrogens with one attached hydrogen (secondary N) is 1. The predicted octanol–water partition coefficient (Wildman–Crippen LogP) is 1.91. The van der Waals surface area contributed by atoms with Crippen LogP contribution in [0.1, 0.15) is 31.3 Å². The van der Waals surface area contributed by atoms with Gasteiger partial charge in [0.25, 0.3) is 0 Å². The van der Waals surface area contributed by atoms with E-state index in [0.717, 1.165) is 18.7 Å². The summed E-state index contributed by atoms with van der Waals surface area (Å²) in [6.45, 7) is 8.94. The van der Waals surface area contributed by atoms with Crippen LogP contribution in [0.15, 0.2) is 18.7 Å². The van der Waals surface area contributed by atoms with Crippen molar-refractivity contribution in [1.82, 2.24) is 15.1 Å². The highest BCUT2D eigenvalue weighted by Gasteiger charge is 2.12. The van der Waals surface area contributed by atoms with Crippen LogP contribution in [0.2, 0.25) is 0 Å². The molecule has 0 radical (unpaired) electrons. The minimum atomic E-state index is 0.197. The SMILES string of the molecule is C=CC(NC)c1cc(CC)nn1CC. The fraction of sp³-hybridized carbons (Fsp3) is 0.545. The second kappa shape index (κ2) is 4.96. The second-order valence-corrected chi connectivity index (χ2v) is 3.23. The molecule has 1 N–H and O–H groups in total. The molecule has 0 aromatic carbocycles. The van der Waals surface area contributed by atoms with Crippen LogP contribution in [0, 0.1) is 0 Å². The summed E-state index contributed by atoms with van der Waals surface area (Å²) in [4.78, 5) is 0. The van der Waals surface area contributed by atoms with Crippen LogP contribution in [0.5, 0.6) is 0 Å². The van der Waals surface area contributed by atoms with Crippen LogP contribution in [-0.2, 0) is 13.0 Å². The van der Waals surface area contributed by atoms with E-state index >= 15 is 0 Å². The zero-order valence-corrected chi connectivity index (χ0v) is 9.25. The predicted molar refractivity (Wildman–Crippen MR) is 59.3 cm³/mol. The molecule has 0 amide bonds. The van der Waals surface area contributed by atoms with Gasteiger partial charge in [-0.15, -0.1) is 6.58 Å². The van der Waals surface area contributed by atoms with Gasteiger partial charge in [0.15, 0.2) is 0 Å². The van der Waals surface area contributed by atoms with Crippen LogP contribution in [-0.4, -0.2) is 16.8 Å². The number of hydrogen-bond donors (Lipinski definition) is 1. The Morgan fingerprint density at radius 2 is 2.36 bits per heavy atom. The first-order valence-corrected chi connectivity index (χ1v) is 5.13. The molecule has 14 heavy (non-hydrogen) atoms. The molecule has 0 aliphatic rings. The first-order chi connectivity index (χ1) is 6.76. The summed E-state index contributed by atoms with van der Waals surface area (Å²) in [5.74, 6) is 0. The van der Waals surface area contributed by atoms with Crippen molar-refractivity contribution in [2.45, 2.75) is 32.9 Å². The lowest BCUT2D eigenvalue weighted by molar-refractivity contribution is 0.568. The average Bonchev–Trinajstić information content (AvgIpc) is 2.63. The van der Waals surface area contributed by atoms with Gasteiger partial charge in [-0.2, -0.15) is 5.10 Å². The molecule has 0 aliphatic carbocycles. The van der Waals surface area contributed by atoms with Gasteiger partial charge in [0, 0.05) is 6.54 Å². The maximum absolute atomic E-state index is 4.49. The molecule has 0 fully saturated rings. The van der Waals surface area contributed by atoms with Crippen molar-refractivity contribution in [2.75, 3.05) is 7.05 Å². The molecule has 1 rings (SSSR count). The Morgan fingerprint density at radius 1 is 1.64 bits per heavy atom. The minimum absolute atomic E-state index is 0.197. The highest BCUT2D eigenvalue weighted by molar-refractivity contribution is 5.18. The summed E-state index contributed by atoms with van der Waals surface area (Å²) < 4.78 is 2.03. The van der Waals surface area contributed by atoms with E-state index in [9.17, 15) is 0 Å². The summed E-state index contributed by atoms with van der Waals surface area (Å²) in [5, 5.41) is 7.69. The zero-order chi connectivity index (χ0) is 10.6. The largest absolute Gasteiger partial charge is 0.309 e. The molecule has 1 heterocycles.